The van der Waals surface area contributed by atoms with Gasteiger partial charge in [0.1, 0.15) is 5.60 Å². The topological polar surface area (TPSA) is 63.0 Å². The van der Waals surface area contributed by atoms with Crippen molar-refractivity contribution in [3.8, 4) is 0 Å². The van der Waals surface area contributed by atoms with Crippen LogP contribution in [0.3, 0.4) is 0 Å². The van der Waals surface area contributed by atoms with Gasteiger partial charge in [-0.2, -0.15) is 10.2 Å². The molecule has 1 rings (SSSR count). The molecule has 0 aromatic carbocycles. The van der Waals surface area contributed by atoms with E-state index in [2.05, 4.69) is 15.5 Å². The van der Waals surface area contributed by atoms with E-state index in [-0.39, 0.29) is 12.1 Å². The summed E-state index contributed by atoms with van der Waals surface area (Å²) in [6.45, 7) is 7.54. The third-order valence-electron chi connectivity index (χ3n) is 4.76. The fourth-order valence-electron chi connectivity index (χ4n) is 2.81. The van der Waals surface area contributed by atoms with E-state index in [1.54, 1.807) is 0 Å². The zero-order valence-corrected chi connectivity index (χ0v) is 16.0. The van der Waals surface area contributed by atoms with Gasteiger partial charge in [-0.1, -0.05) is 45.4 Å². The second-order valence-electron chi connectivity index (χ2n) is 7.48. The Kier molecular flexibility index (Phi) is 10.7. The number of hydrogen-bond acceptors (Lipinski definition) is 4. The van der Waals surface area contributed by atoms with Crippen molar-refractivity contribution >= 4 is 6.09 Å². The highest BCUT2D eigenvalue weighted by atomic mass is 16.6. The second kappa shape index (κ2) is 12.3. The quantitative estimate of drug-likeness (QED) is 0.723. The van der Waals surface area contributed by atoms with E-state index in [9.17, 15) is 4.79 Å². The zero-order chi connectivity index (χ0) is 17.7. The summed E-state index contributed by atoms with van der Waals surface area (Å²) in [5.74, 6) is 0. The van der Waals surface area contributed by atoms with Crippen molar-refractivity contribution in [3.63, 3.8) is 0 Å². The number of carbonyl (C=O) groups is 1. The maximum Gasteiger partial charge on any atom is 0.407 e. The van der Waals surface area contributed by atoms with Gasteiger partial charge in [-0.15, -0.1) is 0 Å². The number of carbonyl (C=O) groups excluding carboxylic acids is 1. The van der Waals surface area contributed by atoms with Gasteiger partial charge in [0.05, 0.1) is 13.1 Å². The average molecular weight is 340 g/mol. The van der Waals surface area contributed by atoms with E-state index < -0.39 is 5.60 Å². The zero-order valence-electron chi connectivity index (χ0n) is 16.0. The van der Waals surface area contributed by atoms with Gasteiger partial charge in [-0.05, 0) is 46.0 Å². The van der Waals surface area contributed by atoms with Crippen LogP contribution in [0.1, 0.15) is 91.4 Å². The van der Waals surface area contributed by atoms with Crippen molar-refractivity contribution in [1.29, 1.82) is 0 Å². The molecule has 140 valence electrons. The minimum atomic E-state index is -0.405. The molecule has 1 aliphatic rings. The summed E-state index contributed by atoms with van der Waals surface area (Å²) in [7, 11) is 0. The summed E-state index contributed by atoms with van der Waals surface area (Å²) in [6.07, 6.45) is 12.2. The summed E-state index contributed by atoms with van der Waals surface area (Å²) < 4.78 is 5.52. The van der Waals surface area contributed by atoms with Gasteiger partial charge in [0.15, 0.2) is 0 Å². The Hall–Kier alpha value is -1.13. The molecule has 1 N–H and O–H groups in total. The normalized spacial score (nSPS) is 22.2. The van der Waals surface area contributed by atoms with Crippen LogP contribution in [0.4, 0.5) is 4.79 Å². The smallest absolute Gasteiger partial charge is 0.407 e. The fourth-order valence-corrected chi connectivity index (χ4v) is 2.81. The highest BCUT2D eigenvalue weighted by Crippen LogP contribution is 2.16. The number of ether oxygens (including phenoxy) is 1. The molecule has 1 aliphatic heterocycles. The lowest BCUT2D eigenvalue weighted by molar-refractivity contribution is 0.0338. The molecule has 0 saturated heterocycles. The summed E-state index contributed by atoms with van der Waals surface area (Å²) in [5.41, 5.74) is -0.405. The van der Waals surface area contributed by atoms with Crippen molar-refractivity contribution in [2.75, 3.05) is 13.1 Å². The lowest BCUT2D eigenvalue weighted by Crippen LogP contribution is -2.40. The van der Waals surface area contributed by atoms with E-state index in [4.69, 9.17) is 4.74 Å². The Morgan fingerprint density at radius 3 is 2.17 bits per heavy atom. The van der Waals surface area contributed by atoms with E-state index >= 15 is 0 Å². The van der Waals surface area contributed by atoms with Gasteiger partial charge in [0.2, 0.25) is 0 Å². The Balaban J connectivity index is 2.44. The number of alkyl carbamates (subject to hydrolysis) is 1. The maximum atomic E-state index is 12.1. The van der Waals surface area contributed by atoms with Crippen LogP contribution in [0.15, 0.2) is 10.2 Å². The molecule has 1 atom stereocenters. The summed E-state index contributed by atoms with van der Waals surface area (Å²) in [5, 5.41) is 11.6. The van der Waals surface area contributed by atoms with E-state index in [1.807, 2.05) is 20.8 Å². The molecular formula is C19H37N3O2. The third-order valence-corrected chi connectivity index (χ3v) is 4.76. The van der Waals surface area contributed by atoms with Crippen LogP contribution in [0.5, 0.6) is 0 Å². The monoisotopic (exact) mass is 339 g/mol. The lowest BCUT2D eigenvalue weighted by Gasteiger charge is -2.26. The second-order valence-corrected chi connectivity index (χ2v) is 7.48. The largest absolute Gasteiger partial charge is 0.444 e. The molecule has 1 unspecified atom stereocenters. The third kappa shape index (κ3) is 10.6. The van der Waals surface area contributed by atoms with Crippen molar-refractivity contribution in [2.24, 2.45) is 10.2 Å². The summed E-state index contributed by atoms with van der Waals surface area (Å²) >= 11 is 0. The van der Waals surface area contributed by atoms with Crippen LogP contribution in [0, 0.1) is 0 Å². The first-order valence-electron chi connectivity index (χ1n) is 9.86. The van der Waals surface area contributed by atoms with Crippen molar-refractivity contribution in [1.82, 2.24) is 5.32 Å². The van der Waals surface area contributed by atoms with Gasteiger partial charge < -0.3 is 10.1 Å². The minimum Gasteiger partial charge on any atom is -0.444 e. The molecule has 0 spiro atoms. The molecule has 1 amide bonds. The molecule has 24 heavy (non-hydrogen) atoms. The first kappa shape index (κ1) is 20.9. The van der Waals surface area contributed by atoms with E-state index in [0.29, 0.717) is 0 Å². The summed E-state index contributed by atoms with van der Waals surface area (Å²) in [6, 6.07) is 0.186. The summed E-state index contributed by atoms with van der Waals surface area (Å²) in [4.78, 5) is 12.1. The Morgan fingerprint density at radius 1 is 0.958 bits per heavy atom. The van der Waals surface area contributed by atoms with Crippen molar-refractivity contribution in [2.45, 2.75) is 103 Å². The molecule has 5 heteroatoms. The molecule has 5 nitrogen and oxygen atoms in total. The Morgan fingerprint density at radius 2 is 1.50 bits per heavy atom. The number of nitrogens with one attached hydrogen (secondary N) is 1. The van der Waals surface area contributed by atoms with Crippen LogP contribution in [-0.4, -0.2) is 30.8 Å². The molecule has 0 saturated carbocycles. The molecule has 1 heterocycles. The first-order valence-corrected chi connectivity index (χ1v) is 9.86. The van der Waals surface area contributed by atoms with Crippen molar-refractivity contribution in [3.05, 3.63) is 0 Å². The minimum absolute atomic E-state index is 0.186. The van der Waals surface area contributed by atoms with E-state index in [1.165, 1.54) is 38.5 Å². The number of hydrogen-bond donors (Lipinski definition) is 1. The molecule has 0 radical (unpaired) electrons. The molecule has 0 fully saturated rings. The van der Waals surface area contributed by atoms with Crippen LogP contribution in [0.2, 0.25) is 0 Å². The Labute approximate surface area is 148 Å². The van der Waals surface area contributed by atoms with Gasteiger partial charge in [0.25, 0.3) is 0 Å². The molecule has 0 aromatic rings. The van der Waals surface area contributed by atoms with Crippen LogP contribution in [-0.2, 0) is 4.74 Å². The lowest BCUT2D eigenvalue weighted by atomic mass is 10.0. The standard InChI is InChI=1S/C19H37N3O2/c1-4-19(2,3)24-18(23)22-17-13-10-8-6-5-7-9-11-15-20-21-16-12-14-17/h17H,4-16H2,1-3H3,(H,22,23). The predicted octanol–water partition coefficient (Wildman–Crippen LogP) is 5.64. The predicted molar refractivity (Wildman–Crippen MR) is 98.5 cm³/mol. The van der Waals surface area contributed by atoms with Gasteiger partial charge in [0, 0.05) is 6.04 Å². The van der Waals surface area contributed by atoms with E-state index in [0.717, 1.165) is 45.2 Å². The SMILES string of the molecule is CCC(C)(C)OC(=O)NC1CCCCCCCCCN=NCCC1. The first-order chi connectivity index (χ1) is 11.5. The molecule has 0 aromatic heterocycles. The fraction of sp³-hybridized carbons (Fsp3) is 0.947. The van der Waals surface area contributed by atoms with Crippen LogP contribution < -0.4 is 5.32 Å². The highest BCUT2D eigenvalue weighted by molar-refractivity contribution is 5.68. The van der Waals surface area contributed by atoms with Gasteiger partial charge >= 0.3 is 6.09 Å². The number of azo groups is 1. The van der Waals surface area contributed by atoms with Gasteiger partial charge in [-0.25, -0.2) is 4.79 Å². The highest BCUT2D eigenvalue weighted by Gasteiger charge is 2.22. The van der Waals surface area contributed by atoms with Gasteiger partial charge in [-0.3, -0.25) is 0 Å². The van der Waals surface area contributed by atoms with Crippen LogP contribution in [0.25, 0.3) is 0 Å². The Bertz CT molecular complexity index is 370. The number of nitrogens with zero attached hydrogens (tertiary/aromatic N) is 2. The molecule has 0 aliphatic carbocycles. The molecular weight excluding hydrogens is 302 g/mol. The number of rotatable bonds is 3. The average Bonchev–Trinajstić information content (AvgIpc) is 2.54. The van der Waals surface area contributed by atoms with Crippen molar-refractivity contribution < 1.29 is 9.53 Å². The number of amides is 1. The maximum absolute atomic E-state index is 12.1. The van der Waals surface area contributed by atoms with Crippen LogP contribution >= 0.6 is 0 Å². The molecule has 0 bridgehead atoms.